The quantitative estimate of drug-likeness (QED) is 0.610. The van der Waals surface area contributed by atoms with Crippen molar-refractivity contribution in [3.63, 3.8) is 0 Å². The second kappa shape index (κ2) is 10.2. The Morgan fingerprint density at radius 3 is 2.48 bits per heavy atom. The van der Waals surface area contributed by atoms with E-state index in [0.29, 0.717) is 5.69 Å². The van der Waals surface area contributed by atoms with E-state index in [9.17, 15) is 14.7 Å². The molecular weight excluding hydrogens is 404 g/mol. The fourth-order valence-corrected chi connectivity index (χ4v) is 3.10. The van der Waals surface area contributed by atoms with Crippen LogP contribution in [0.2, 0.25) is 0 Å². The third-order valence-electron chi connectivity index (χ3n) is 3.25. The lowest BCUT2D eigenvalue weighted by Gasteiger charge is -2.12. The van der Waals surface area contributed by atoms with E-state index in [2.05, 4.69) is 26.6 Å². The van der Waals surface area contributed by atoms with Gasteiger partial charge in [-0.25, -0.2) is 0 Å². The number of rotatable bonds is 8. The molecule has 2 rings (SSSR count). The van der Waals surface area contributed by atoms with Gasteiger partial charge in [0.1, 0.15) is 0 Å². The molecule has 0 saturated heterocycles. The van der Waals surface area contributed by atoms with Crippen LogP contribution in [0.15, 0.2) is 59.1 Å². The Kier molecular flexibility index (Phi) is 7.97. The van der Waals surface area contributed by atoms with E-state index in [1.807, 2.05) is 30.3 Å². The summed E-state index contributed by atoms with van der Waals surface area (Å²) >= 11 is 4.56. The molecule has 7 heteroatoms. The fourth-order valence-electron chi connectivity index (χ4n) is 2.05. The maximum absolute atomic E-state index is 11.8. The van der Waals surface area contributed by atoms with Crippen LogP contribution in [-0.2, 0) is 9.59 Å². The molecule has 0 bridgehead atoms. The van der Waals surface area contributed by atoms with Crippen molar-refractivity contribution in [2.75, 3.05) is 23.4 Å². The lowest BCUT2D eigenvalue weighted by atomic mass is 10.1. The summed E-state index contributed by atoms with van der Waals surface area (Å²) in [6, 6.07) is 16.4. The Labute approximate surface area is 159 Å². The maximum atomic E-state index is 11.8. The molecule has 2 aromatic rings. The number of carbonyl (C=O) groups excluding carboxylic acids is 2. The maximum Gasteiger partial charge on any atom is 0.234 e. The van der Waals surface area contributed by atoms with Crippen LogP contribution >= 0.6 is 27.7 Å². The Bertz CT molecular complexity index is 712. The van der Waals surface area contributed by atoms with Gasteiger partial charge in [0, 0.05) is 16.7 Å². The van der Waals surface area contributed by atoms with Crippen LogP contribution in [0.3, 0.4) is 0 Å². The molecule has 25 heavy (non-hydrogen) atoms. The Hall–Kier alpha value is -1.83. The second-order valence-electron chi connectivity index (χ2n) is 5.28. The van der Waals surface area contributed by atoms with Gasteiger partial charge in [-0.05, 0) is 23.8 Å². The summed E-state index contributed by atoms with van der Waals surface area (Å²) in [5, 5.41) is 15.4. The molecule has 0 aliphatic heterocycles. The highest BCUT2D eigenvalue weighted by Gasteiger charge is 2.10. The molecule has 0 fully saturated rings. The molecular formula is C18H19BrN2O3S. The van der Waals surface area contributed by atoms with Crippen molar-refractivity contribution in [1.29, 1.82) is 0 Å². The summed E-state index contributed by atoms with van der Waals surface area (Å²) < 4.78 is 0.884. The molecule has 1 atom stereocenters. The van der Waals surface area contributed by atoms with E-state index in [1.54, 1.807) is 24.3 Å². The van der Waals surface area contributed by atoms with Crippen molar-refractivity contribution in [1.82, 2.24) is 5.32 Å². The van der Waals surface area contributed by atoms with Crippen molar-refractivity contribution in [3.05, 3.63) is 64.6 Å². The van der Waals surface area contributed by atoms with Crippen LogP contribution in [0.1, 0.15) is 11.7 Å². The second-order valence-corrected chi connectivity index (χ2v) is 7.18. The highest BCUT2D eigenvalue weighted by molar-refractivity contribution is 9.10. The molecule has 0 spiro atoms. The van der Waals surface area contributed by atoms with Gasteiger partial charge < -0.3 is 15.7 Å². The summed E-state index contributed by atoms with van der Waals surface area (Å²) in [5.41, 5.74) is 1.46. The molecule has 2 aromatic carbocycles. The standard InChI is InChI=1S/C18H19BrN2O3S/c19-14-7-4-8-15(9-14)21-18(24)12-25-11-17(23)20-10-16(22)13-5-2-1-3-6-13/h1-9,16,22H,10-12H2,(H,20,23)(H,21,24). The highest BCUT2D eigenvalue weighted by atomic mass is 79.9. The zero-order valence-electron chi connectivity index (χ0n) is 13.4. The van der Waals surface area contributed by atoms with Gasteiger partial charge >= 0.3 is 0 Å². The van der Waals surface area contributed by atoms with Crippen LogP contribution in [0.25, 0.3) is 0 Å². The minimum atomic E-state index is -0.741. The first-order valence-corrected chi connectivity index (χ1v) is 9.62. The van der Waals surface area contributed by atoms with Gasteiger partial charge in [0.25, 0.3) is 0 Å². The van der Waals surface area contributed by atoms with Crippen LogP contribution in [0.4, 0.5) is 5.69 Å². The Balaban J connectivity index is 1.64. The topological polar surface area (TPSA) is 78.4 Å². The molecule has 132 valence electrons. The number of thioether (sulfide) groups is 1. The summed E-state index contributed by atoms with van der Waals surface area (Å²) in [6.45, 7) is 0.146. The van der Waals surface area contributed by atoms with Crippen molar-refractivity contribution in [2.45, 2.75) is 6.10 Å². The van der Waals surface area contributed by atoms with Gasteiger partial charge in [0.15, 0.2) is 0 Å². The molecule has 0 radical (unpaired) electrons. The first-order valence-electron chi connectivity index (χ1n) is 7.67. The molecule has 5 nitrogen and oxygen atoms in total. The van der Waals surface area contributed by atoms with Crippen molar-refractivity contribution in [2.24, 2.45) is 0 Å². The van der Waals surface area contributed by atoms with Gasteiger partial charge in [-0.15, -0.1) is 11.8 Å². The van der Waals surface area contributed by atoms with Crippen molar-refractivity contribution < 1.29 is 14.7 Å². The molecule has 1 unspecified atom stereocenters. The SMILES string of the molecule is O=C(CSCC(=O)Nc1cccc(Br)c1)NCC(O)c1ccccc1. The predicted octanol–water partition coefficient (Wildman–Crippen LogP) is 2.97. The zero-order valence-corrected chi connectivity index (χ0v) is 15.8. The molecule has 0 aromatic heterocycles. The third kappa shape index (κ3) is 7.29. The average Bonchev–Trinajstić information content (AvgIpc) is 2.60. The monoisotopic (exact) mass is 422 g/mol. The van der Waals surface area contributed by atoms with Crippen molar-refractivity contribution >= 4 is 45.2 Å². The Morgan fingerprint density at radius 2 is 1.76 bits per heavy atom. The number of carbonyl (C=O) groups is 2. The van der Waals surface area contributed by atoms with E-state index >= 15 is 0 Å². The molecule has 0 aliphatic rings. The molecule has 0 aliphatic carbocycles. The summed E-state index contributed by atoms with van der Waals surface area (Å²) in [7, 11) is 0. The minimum absolute atomic E-state index is 0.146. The van der Waals surface area contributed by atoms with Gasteiger partial charge in [-0.1, -0.05) is 52.3 Å². The number of nitrogens with one attached hydrogen (secondary N) is 2. The van der Waals surface area contributed by atoms with Crippen LogP contribution < -0.4 is 10.6 Å². The van der Waals surface area contributed by atoms with Crippen LogP contribution in [-0.4, -0.2) is 35.0 Å². The number of aliphatic hydroxyl groups is 1. The van der Waals surface area contributed by atoms with E-state index in [0.717, 1.165) is 10.0 Å². The number of aliphatic hydroxyl groups excluding tert-OH is 1. The van der Waals surface area contributed by atoms with Gasteiger partial charge in [-0.2, -0.15) is 0 Å². The van der Waals surface area contributed by atoms with E-state index in [-0.39, 0.29) is 29.9 Å². The number of benzene rings is 2. The molecule has 0 saturated carbocycles. The number of hydrogen-bond acceptors (Lipinski definition) is 4. The van der Waals surface area contributed by atoms with E-state index in [1.165, 1.54) is 11.8 Å². The summed E-state index contributed by atoms with van der Waals surface area (Å²) in [6.07, 6.45) is -0.741. The first kappa shape index (κ1) is 19.5. The average molecular weight is 423 g/mol. The lowest BCUT2D eigenvalue weighted by molar-refractivity contribution is -0.119. The predicted molar refractivity (Wildman–Crippen MR) is 105 cm³/mol. The fraction of sp³-hybridized carbons (Fsp3) is 0.222. The van der Waals surface area contributed by atoms with Gasteiger partial charge in [0.2, 0.25) is 11.8 Å². The normalized spacial score (nSPS) is 11.6. The van der Waals surface area contributed by atoms with E-state index in [4.69, 9.17) is 0 Å². The number of hydrogen-bond donors (Lipinski definition) is 3. The Morgan fingerprint density at radius 1 is 1.04 bits per heavy atom. The van der Waals surface area contributed by atoms with Gasteiger partial charge in [0.05, 0.1) is 17.6 Å². The largest absolute Gasteiger partial charge is 0.387 e. The highest BCUT2D eigenvalue weighted by Crippen LogP contribution is 2.16. The number of halogens is 1. The zero-order chi connectivity index (χ0) is 18.1. The summed E-state index contributed by atoms with van der Waals surface area (Å²) in [4.78, 5) is 23.6. The van der Waals surface area contributed by atoms with E-state index < -0.39 is 6.10 Å². The van der Waals surface area contributed by atoms with Crippen LogP contribution in [0, 0.1) is 0 Å². The number of anilines is 1. The summed E-state index contributed by atoms with van der Waals surface area (Å²) in [5.74, 6) is -0.0374. The lowest BCUT2D eigenvalue weighted by Crippen LogP contribution is -2.30. The number of amides is 2. The van der Waals surface area contributed by atoms with Crippen molar-refractivity contribution in [3.8, 4) is 0 Å². The molecule has 2 amide bonds. The third-order valence-corrected chi connectivity index (χ3v) is 4.68. The smallest absolute Gasteiger partial charge is 0.234 e. The minimum Gasteiger partial charge on any atom is -0.387 e. The first-order chi connectivity index (χ1) is 12.0. The van der Waals surface area contributed by atoms with Gasteiger partial charge in [-0.3, -0.25) is 9.59 Å². The van der Waals surface area contributed by atoms with Crippen LogP contribution in [0.5, 0.6) is 0 Å². The molecule has 3 N–H and O–H groups in total. The molecule has 0 heterocycles.